The van der Waals surface area contributed by atoms with Crippen molar-refractivity contribution < 1.29 is 18.5 Å². The van der Waals surface area contributed by atoms with Crippen LogP contribution in [0.15, 0.2) is 84.1 Å². The van der Waals surface area contributed by atoms with Gasteiger partial charge < -0.3 is 0 Å². The Morgan fingerprint density at radius 2 is 1.77 bits per heavy atom. The van der Waals surface area contributed by atoms with E-state index in [0.717, 1.165) is 22.4 Å². The van der Waals surface area contributed by atoms with Gasteiger partial charge in [-0.15, -0.1) is 5.23 Å². The second-order valence-electron chi connectivity index (χ2n) is 6.53. The molecule has 0 saturated carbocycles. The highest BCUT2D eigenvalue weighted by Crippen LogP contribution is 2.31. The first-order valence-corrected chi connectivity index (χ1v) is 10.7. The molecule has 2 heterocycles. The number of nitrogens with one attached hydrogen (secondary N) is 2. The van der Waals surface area contributed by atoms with Gasteiger partial charge in [-0.3, -0.25) is 24.8 Å². The van der Waals surface area contributed by atoms with E-state index in [1.165, 1.54) is 31.4 Å². The lowest BCUT2D eigenvalue weighted by molar-refractivity contribution is -0.0110. The molecule has 3 N–H and O–H groups in total. The van der Waals surface area contributed by atoms with Crippen LogP contribution >= 0.6 is 0 Å². The fourth-order valence-corrected chi connectivity index (χ4v) is 4.12. The van der Waals surface area contributed by atoms with Crippen molar-refractivity contribution in [1.82, 2.24) is 15.2 Å². The van der Waals surface area contributed by atoms with Crippen LogP contribution in [0.1, 0.15) is 0 Å². The minimum absolute atomic E-state index is 0.0465. The van der Waals surface area contributed by atoms with Crippen molar-refractivity contribution in [2.24, 2.45) is 0 Å². The summed E-state index contributed by atoms with van der Waals surface area (Å²) in [5.41, 5.74) is 4.06. The Morgan fingerprint density at radius 1 is 1.03 bits per heavy atom. The first kappa shape index (κ1) is 20.5. The Morgan fingerprint density at radius 3 is 2.48 bits per heavy atom. The molecule has 0 aliphatic rings. The van der Waals surface area contributed by atoms with Gasteiger partial charge in [0.05, 0.1) is 29.6 Å². The number of aromatic nitrogens is 3. The lowest BCUT2D eigenvalue weighted by atomic mass is 10.0. The molecule has 0 aliphatic heterocycles. The molecule has 0 atom stereocenters. The van der Waals surface area contributed by atoms with E-state index in [9.17, 15) is 13.6 Å². The van der Waals surface area contributed by atoms with Gasteiger partial charge in [0.1, 0.15) is 0 Å². The zero-order valence-electron chi connectivity index (χ0n) is 16.4. The van der Waals surface area contributed by atoms with Crippen molar-refractivity contribution in [3.63, 3.8) is 0 Å². The molecule has 0 bridgehead atoms. The highest BCUT2D eigenvalue weighted by Gasteiger charge is 2.16. The van der Waals surface area contributed by atoms with Crippen LogP contribution in [0.4, 0.5) is 11.4 Å². The Bertz CT molecular complexity index is 1270. The Hall–Kier alpha value is -3.73. The maximum Gasteiger partial charge on any atom is 0.261 e. The zero-order chi connectivity index (χ0) is 21.8. The predicted molar refractivity (Wildman–Crippen MR) is 116 cm³/mol. The third kappa shape index (κ3) is 4.40. The average molecular weight is 437 g/mol. The highest BCUT2D eigenvalue weighted by atomic mass is 32.2. The third-order valence-electron chi connectivity index (χ3n) is 4.57. The highest BCUT2D eigenvalue weighted by molar-refractivity contribution is 7.92. The molecule has 4 aromatic rings. The standard InChI is InChI=1S/C21H19N5O4S/c1-30-26(27)18-5-7-19(8-6-18)31(28,29)25-17-4-2-3-16(13-17)21-20(14-23-24-21)15-9-11-22-12-10-15/h2-14,25,27H,1H3,(H,23,24). The molecule has 0 radical (unpaired) electrons. The van der Waals surface area contributed by atoms with Crippen LogP contribution < -0.4 is 9.95 Å². The van der Waals surface area contributed by atoms with Crippen LogP contribution in [0.5, 0.6) is 0 Å². The van der Waals surface area contributed by atoms with Gasteiger partial charge in [0.25, 0.3) is 10.0 Å². The molecule has 4 rings (SSSR count). The predicted octanol–water partition coefficient (Wildman–Crippen LogP) is 3.70. The van der Waals surface area contributed by atoms with E-state index in [1.54, 1.807) is 36.8 Å². The van der Waals surface area contributed by atoms with Gasteiger partial charge in [0.15, 0.2) is 0 Å². The van der Waals surface area contributed by atoms with Crippen LogP contribution in [0.2, 0.25) is 0 Å². The van der Waals surface area contributed by atoms with Gasteiger partial charge in [0.2, 0.25) is 0 Å². The number of H-pyrrole nitrogens is 1. The summed E-state index contributed by atoms with van der Waals surface area (Å²) in [7, 11) is -2.54. The molecule has 158 valence electrons. The van der Waals surface area contributed by atoms with E-state index in [2.05, 4.69) is 24.7 Å². The van der Waals surface area contributed by atoms with Gasteiger partial charge >= 0.3 is 0 Å². The number of aromatic amines is 1. The molecule has 0 saturated heterocycles. The van der Waals surface area contributed by atoms with Crippen molar-refractivity contribution in [3.8, 4) is 22.4 Å². The van der Waals surface area contributed by atoms with Gasteiger partial charge in [-0.1, -0.05) is 12.1 Å². The Kier molecular flexibility index (Phi) is 5.67. The second-order valence-corrected chi connectivity index (χ2v) is 8.21. The monoisotopic (exact) mass is 437 g/mol. The quantitative estimate of drug-likeness (QED) is 0.377. The first-order valence-electron chi connectivity index (χ1n) is 9.18. The van der Waals surface area contributed by atoms with E-state index in [4.69, 9.17) is 0 Å². The lowest BCUT2D eigenvalue weighted by Gasteiger charge is -2.14. The van der Waals surface area contributed by atoms with Crippen molar-refractivity contribution in [2.75, 3.05) is 17.1 Å². The van der Waals surface area contributed by atoms with Gasteiger partial charge in [-0.2, -0.15) is 5.10 Å². The summed E-state index contributed by atoms with van der Waals surface area (Å²) in [5.74, 6) is 0. The largest absolute Gasteiger partial charge is 0.280 e. The number of nitrogens with zero attached hydrogens (tertiary/aromatic N) is 3. The average Bonchev–Trinajstić information content (AvgIpc) is 3.29. The molecule has 0 spiro atoms. The van der Waals surface area contributed by atoms with Crippen molar-refractivity contribution >= 4 is 21.4 Å². The molecule has 0 aliphatic carbocycles. The van der Waals surface area contributed by atoms with E-state index >= 15 is 0 Å². The summed E-state index contributed by atoms with van der Waals surface area (Å²) in [5, 5.41) is 17.2. The summed E-state index contributed by atoms with van der Waals surface area (Å²) in [6.07, 6.45) is 5.11. The summed E-state index contributed by atoms with van der Waals surface area (Å²) in [4.78, 5) is 8.74. The number of anilines is 2. The first-order chi connectivity index (χ1) is 15.0. The second kappa shape index (κ2) is 8.56. The minimum Gasteiger partial charge on any atom is -0.280 e. The van der Waals surface area contributed by atoms with Crippen molar-refractivity contribution in [1.29, 1.82) is 0 Å². The molecule has 2 aromatic heterocycles. The fourth-order valence-electron chi connectivity index (χ4n) is 3.07. The summed E-state index contributed by atoms with van der Waals surface area (Å²) < 4.78 is 28.2. The van der Waals surface area contributed by atoms with E-state index < -0.39 is 10.0 Å². The smallest absolute Gasteiger partial charge is 0.261 e. The van der Waals surface area contributed by atoms with Crippen LogP contribution in [0.25, 0.3) is 22.4 Å². The van der Waals surface area contributed by atoms with Crippen molar-refractivity contribution in [2.45, 2.75) is 4.90 Å². The number of benzene rings is 2. The molecule has 2 aromatic carbocycles. The molecule has 0 amide bonds. The van der Waals surface area contributed by atoms with Crippen LogP contribution in [0, 0.1) is 0 Å². The zero-order valence-corrected chi connectivity index (χ0v) is 17.2. The number of hydrogen-bond donors (Lipinski definition) is 3. The normalized spacial score (nSPS) is 11.3. The van der Waals surface area contributed by atoms with E-state index in [0.29, 0.717) is 16.6 Å². The van der Waals surface area contributed by atoms with E-state index in [1.807, 2.05) is 18.2 Å². The Labute approximate surface area is 178 Å². The number of hydrogen-bond acceptors (Lipinski definition) is 7. The topological polar surface area (TPSA) is 120 Å². The van der Waals surface area contributed by atoms with Gasteiger partial charge in [0, 0.05) is 29.2 Å². The molecule has 0 fully saturated rings. The molecule has 0 unspecified atom stereocenters. The minimum atomic E-state index is -3.84. The lowest BCUT2D eigenvalue weighted by Crippen LogP contribution is -2.16. The van der Waals surface area contributed by atoms with Crippen LogP contribution in [-0.4, -0.2) is 35.9 Å². The van der Waals surface area contributed by atoms with Gasteiger partial charge in [-0.25, -0.2) is 8.42 Å². The molecule has 9 nitrogen and oxygen atoms in total. The number of rotatable bonds is 7. The summed E-state index contributed by atoms with van der Waals surface area (Å²) in [6.45, 7) is 0. The fraction of sp³-hybridized carbons (Fsp3) is 0.0476. The number of sulfonamides is 1. The maximum atomic E-state index is 12.8. The SMILES string of the molecule is CON(O)c1ccc(S(=O)(=O)Nc2cccc(-c3[nH]ncc3-c3ccncc3)c2)cc1. The van der Waals surface area contributed by atoms with Crippen molar-refractivity contribution in [3.05, 3.63) is 79.3 Å². The number of pyridine rings is 1. The maximum absolute atomic E-state index is 12.8. The summed E-state index contributed by atoms with van der Waals surface area (Å²) >= 11 is 0. The third-order valence-corrected chi connectivity index (χ3v) is 5.97. The van der Waals surface area contributed by atoms with Crippen LogP contribution in [-0.2, 0) is 14.9 Å². The summed E-state index contributed by atoms with van der Waals surface area (Å²) in [6, 6.07) is 16.4. The van der Waals surface area contributed by atoms with Gasteiger partial charge in [-0.05, 0) is 54.1 Å². The molecular formula is C21H19N5O4S. The molecule has 10 heteroatoms. The van der Waals surface area contributed by atoms with Crippen LogP contribution in [0.3, 0.4) is 0 Å². The molecule has 31 heavy (non-hydrogen) atoms. The van der Waals surface area contributed by atoms with E-state index in [-0.39, 0.29) is 4.90 Å². The Balaban J connectivity index is 1.61. The molecular weight excluding hydrogens is 418 g/mol.